The molecule has 0 spiro atoms. The SMILES string of the molecule is CCNC(CC)Cc1ncc(C)c(OC)c1C. The van der Waals surface area contributed by atoms with Gasteiger partial charge in [0, 0.05) is 35.5 Å². The summed E-state index contributed by atoms with van der Waals surface area (Å²) >= 11 is 0. The monoisotopic (exact) mass is 236 g/mol. The topological polar surface area (TPSA) is 34.2 Å². The minimum atomic E-state index is 0.499. The number of methoxy groups -OCH3 is 1. The number of ether oxygens (including phenoxy) is 1. The van der Waals surface area contributed by atoms with E-state index >= 15 is 0 Å². The number of nitrogens with zero attached hydrogens (tertiary/aromatic N) is 1. The maximum atomic E-state index is 5.43. The van der Waals surface area contributed by atoms with Crippen LogP contribution in [0.1, 0.15) is 37.1 Å². The van der Waals surface area contributed by atoms with E-state index in [-0.39, 0.29) is 0 Å². The highest BCUT2D eigenvalue weighted by atomic mass is 16.5. The average Bonchev–Trinajstić information content (AvgIpc) is 2.32. The second-order valence-electron chi connectivity index (χ2n) is 4.41. The van der Waals surface area contributed by atoms with Gasteiger partial charge in [0.2, 0.25) is 0 Å². The van der Waals surface area contributed by atoms with Crippen LogP contribution in [0.2, 0.25) is 0 Å². The van der Waals surface area contributed by atoms with Crippen molar-refractivity contribution in [1.82, 2.24) is 10.3 Å². The molecule has 17 heavy (non-hydrogen) atoms. The molecule has 0 saturated carbocycles. The van der Waals surface area contributed by atoms with Crippen LogP contribution in [0.5, 0.6) is 5.75 Å². The third kappa shape index (κ3) is 3.43. The molecule has 0 amide bonds. The van der Waals surface area contributed by atoms with Crippen LogP contribution in [-0.2, 0) is 6.42 Å². The van der Waals surface area contributed by atoms with Gasteiger partial charge in [0.25, 0.3) is 0 Å². The molecule has 1 N–H and O–H groups in total. The standard InChI is InChI=1S/C14H24N2O/c1-6-12(15-7-2)8-13-11(4)14(17-5)10(3)9-16-13/h9,12,15H,6-8H2,1-5H3. The molecule has 0 saturated heterocycles. The zero-order chi connectivity index (χ0) is 12.8. The largest absolute Gasteiger partial charge is 0.496 e. The quantitative estimate of drug-likeness (QED) is 0.824. The van der Waals surface area contributed by atoms with E-state index in [9.17, 15) is 0 Å². The summed E-state index contributed by atoms with van der Waals surface area (Å²) in [6, 6.07) is 0.499. The van der Waals surface area contributed by atoms with Gasteiger partial charge in [-0.25, -0.2) is 0 Å². The summed E-state index contributed by atoms with van der Waals surface area (Å²) in [5.41, 5.74) is 3.41. The molecular formula is C14H24N2O. The molecule has 1 aromatic rings. The molecule has 1 rings (SSSR count). The van der Waals surface area contributed by atoms with Crippen LogP contribution in [0, 0.1) is 13.8 Å². The van der Waals surface area contributed by atoms with Crippen LogP contribution in [-0.4, -0.2) is 24.7 Å². The highest BCUT2D eigenvalue weighted by Crippen LogP contribution is 2.24. The molecule has 0 radical (unpaired) electrons. The Morgan fingerprint density at radius 3 is 2.59 bits per heavy atom. The molecule has 0 bridgehead atoms. The van der Waals surface area contributed by atoms with Gasteiger partial charge in [-0.2, -0.15) is 0 Å². The molecule has 1 heterocycles. The van der Waals surface area contributed by atoms with Gasteiger partial charge in [0.15, 0.2) is 0 Å². The number of pyridine rings is 1. The number of aryl methyl sites for hydroxylation is 1. The maximum Gasteiger partial charge on any atom is 0.128 e. The number of rotatable bonds is 6. The van der Waals surface area contributed by atoms with E-state index in [0.29, 0.717) is 6.04 Å². The number of aromatic nitrogens is 1. The molecule has 96 valence electrons. The van der Waals surface area contributed by atoms with Crippen LogP contribution in [0.3, 0.4) is 0 Å². The van der Waals surface area contributed by atoms with Gasteiger partial charge in [0.1, 0.15) is 5.75 Å². The Bertz CT molecular complexity index is 363. The first-order chi connectivity index (χ1) is 8.13. The molecule has 0 aliphatic rings. The summed E-state index contributed by atoms with van der Waals surface area (Å²) in [6.07, 6.45) is 3.98. The highest BCUT2D eigenvalue weighted by molar-refractivity contribution is 5.41. The van der Waals surface area contributed by atoms with Gasteiger partial charge in [-0.15, -0.1) is 0 Å². The lowest BCUT2D eigenvalue weighted by molar-refractivity contribution is 0.405. The van der Waals surface area contributed by atoms with Crippen molar-refractivity contribution in [1.29, 1.82) is 0 Å². The van der Waals surface area contributed by atoms with Gasteiger partial charge in [-0.05, 0) is 26.8 Å². The van der Waals surface area contributed by atoms with Crippen molar-refractivity contribution in [3.8, 4) is 5.75 Å². The van der Waals surface area contributed by atoms with Crippen molar-refractivity contribution in [2.75, 3.05) is 13.7 Å². The van der Waals surface area contributed by atoms with Gasteiger partial charge < -0.3 is 10.1 Å². The van der Waals surface area contributed by atoms with Crippen LogP contribution in [0.4, 0.5) is 0 Å². The Morgan fingerprint density at radius 1 is 1.35 bits per heavy atom. The Hall–Kier alpha value is -1.09. The lowest BCUT2D eigenvalue weighted by Crippen LogP contribution is -2.30. The predicted octanol–water partition coefficient (Wildman–Crippen LogP) is 2.64. The first-order valence-corrected chi connectivity index (χ1v) is 6.36. The summed E-state index contributed by atoms with van der Waals surface area (Å²) < 4.78 is 5.43. The lowest BCUT2D eigenvalue weighted by Gasteiger charge is -2.18. The van der Waals surface area contributed by atoms with Crippen molar-refractivity contribution in [3.05, 3.63) is 23.0 Å². The van der Waals surface area contributed by atoms with E-state index < -0.39 is 0 Å². The van der Waals surface area contributed by atoms with E-state index in [1.54, 1.807) is 7.11 Å². The summed E-state index contributed by atoms with van der Waals surface area (Å²) in [6.45, 7) is 9.46. The first kappa shape index (κ1) is 14.0. The Balaban J connectivity index is 2.91. The van der Waals surface area contributed by atoms with E-state index in [1.807, 2.05) is 13.1 Å². The van der Waals surface area contributed by atoms with E-state index in [4.69, 9.17) is 4.74 Å². The number of hydrogen-bond acceptors (Lipinski definition) is 3. The molecule has 1 unspecified atom stereocenters. The number of nitrogens with one attached hydrogen (secondary N) is 1. The fourth-order valence-corrected chi connectivity index (χ4v) is 2.16. The maximum absolute atomic E-state index is 5.43. The third-order valence-electron chi connectivity index (χ3n) is 3.18. The molecular weight excluding hydrogens is 212 g/mol. The van der Waals surface area contributed by atoms with Gasteiger partial charge in [-0.1, -0.05) is 13.8 Å². The van der Waals surface area contributed by atoms with Crippen molar-refractivity contribution in [2.45, 2.75) is 46.6 Å². The van der Waals surface area contributed by atoms with Crippen LogP contribution in [0.25, 0.3) is 0 Å². The predicted molar refractivity (Wildman–Crippen MR) is 71.7 cm³/mol. The summed E-state index contributed by atoms with van der Waals surface area (Å²) in [7, 11) is 1.72. The van der Waals surface area contributed by atoms with Crippen LogP contribution in [0.15, 0.2) is 6.20 Å². The minimum Gasteiger partial charge on any atom is -0.496 e. The molecule has 0 fully saturated rings. The third-order valence-corrected chi connectivity index (χ3v) is 3.18. The zero-order valence-electron chi connectivity index (χ0n) is 11.6. The van der Waals surface area contributed by atoms with Crippen molar-refractivity contribution in [3.63, 3.8) is 0 Å². The van der Waals surface area contributed by atoms with E-state index in [2.05, 4.69) is 31.1 Å². The van der Waals surface area contributed by atoms with E-state index in [1.165, 1.54) is 5.56 Å². The second kappa shape index (κ2) is 6.60. The smallest absolute Gasteiger partial charge is 0.128 e. The molecule has 0 aliphatic carbocycles. The summed E-state index contributed by atoms with van der Waals surface area (Å²) in [5, 5.41) is 3.48. The fourth-order valence-electron chi connectivity index (χ4n) is 2.16. The van der Waals surface area contributed by atoms with Crippen LogP contribution >= 0.6 is 0 Å². The summed E-state index contributed by atoms with van der Waals surface area (Å²) in [4.78, 5) is 4.54. The zero-order valence-corrected chi connectivity index (χ0v) is 11.6. The number of hydrogen-bond donors (Lipinski definition) is 1. The van der Waals surface area contributed by atoms with E-state index in [0.717, 1.165) is 36.4 Å². The van der Waals surface area contributed by atoms with Crippen molar-refractivity contribution in [2.24, 2.45) is 0 Å². The molecule has 1 aromatic heterocycles. The second-order valence-corrected chi connectivity index (χ2v) is 4.41. The van der Waals surface area contributed by atoms with Crippen molar-refractivity contribution < 1.29 is 4.74 Å². The molecule has 0 aromatic carbocycles. The normalized spacial score (nSPS) is 12.5. The molecule has 0 aliphatic heterocycles. The lowest BCUT2D eigenvalue weighted by atomic mass is 10.0. The fraction of sp³-hybridized carbons (Fsp3) is 0.643. The summed E-state index contributed by atoms with van der Waals surface area (Å²) in [5.74, 6) is 0.973. The van der Waals surface area contributed by atoms with Gasteiger partial charge >= 0.3 is 0 Å². The number of likely N-dealkylation sites (N-methyl/N-ethyl adjacent to an activating group) is 1. The van der Waals surface area contributed by atoms with Gasteiger partial charge in [-0.3, -0.25) is 4.98 Å². The molecule has 3 heteroatoms. The minimum absolute atomic E-state index is 0.499. The Morgan fingerprint density at radius 2 is 2.06 bits per heavy atom. The Kier molecular flexibility index (Phi) is 5.42. The highest BCUT2D eigenvalue weighted by Gasteiger charge is 2.13. The average molecular weight is 236 g/mol. The van der Waals surface area contributed by atoms with Gasteiger partial charge in [0.05, 0.1) is 7.11 Å². The molecule has 3 nitrogen and oxygen atoms in total. The van der Waals surface area contributed by atoms with Crippen LogP contribution < -0.4 is 10.1 Å². The first-order valence-electron chi connectivity index (χ1n) is 6.36. The Labute approximate surface area is 105 Å². The van der Waals surface area contributed by atoms with Crippen molar-refractivity contribution >= 4 is 0 Å². The molecule has 1 atom stereocenters.